The molecule has 0 atom stereocenters. The van der Waals surface area contributed by atoms with Gasteiger partial charge in [0, 0.05) is 27.4 Å². The molecule has 0 unspecified atom stereocenters. The summed E-state index contributed by atoms with van der Waals surface area (Å²) >= 11 is 12.5. The average Bonchev–Trinajstić information content (AvgIpc) is 3.07. The molecule has 0 fully saturated rings. The molecule has 6 heteroatoms. The molecule has 0 aliphatic rings. The average molecular weight is 411 g/mol. The highest BCUT2D eigenvalue weighted by molar-refractivity contribution is 6.33. The van der Waals surface area contributed by atoms with E-state index >= 15 is 0 Å². The van der Waals surface area contributed by atoms with Crippen LogP contribution in [0, 0.1) is 0 Å². The van der Waals surface area contributed by atoms with Crippen molar-refractivity contribution < 1.29 is 9.53 Å². The molecular weight excluding hydrogens is 395 g/mol. The number of benzene rings is 2. The zero-order valence-corrected chi connectivity index (χ0v) is 16.5. The molecule has 2 heterocycles. The van der Waals surface area contributed by atoms with Gasteiger partial charge in [-0.15, -0.1) is 0 Å². The lowest BCUT2D eigenvalue weighted by molar-refractivity contribution is 0.0526. The number of carbonyl (C=O) groups is 1. The van der Waals surface area contributed by atoms with E-state index in [1.165, 1.54) is 0 Å². The predicted molar refractivity (Wildman–Crippen MR) is 112 cm³/mol. The molecular formula is C22H16Cl2N2O2. The van der Waals surface area contributed by atoms with E-state index in [0.29, 0.717) is 27.9 Å². The second kappa shape index (κ2) is 7.66. The molecule has 0 saturated carbocycles. The molecule has 0 amide bonds. The van der Waals surface area contributed by atoms with E-state index in [1.807, 2.05) is 52.9 Å². The fourth-order valence-electron chi connectivity index (χ4n) is 3.10. The van der Waals surface area contributed by atoms with Gasteiger partial charge in [0.05, 0.1) is 23.6 Å². The number of hydrogen-bond acceptors (Lipinski definition) is 3. The normalized spacial score (nSPS) is 11.0. The molecule has 2 aromatic heterocycles. The molecule has 28 heavy (non-hydrogen) atoms. The minimum atomic E-state index is -0.378. The first-order chi connectivity index (χ1) is 13.6. The maximum absolute atomic E-state index is 12.2. The Morgan fingerprint density at radius 3 is 2.50 bits per heavy atom. The maximum Gasteiger partial charge on any atom is 0.339 e. The number of rotatable bonds is 4. The minimum Gasteiger partial charge on any atom is -0.462 e. The number of ether oxygens (including phenoxy) is 1. The molecule has 140 valence electrons. The highest BCUT2D eigenvalue weighted by Crippen LogP contribution is 2.36. The highest BCUT2D eigenvalue weighted by atomic mass is 35.5. The van der Waals surface area contributed by atoms with Crippen molar-refractivity contribution in [1.82, 2.24) is 9.38 Å². The zero-order valence-electron chi connectivity index (χ0n) is 15.0. The number of pyridine rings is 1. The SMILES string of the molecule is CCOC(=O)c1ccc2nc(-c3ccc(Cl)cc3)c(-c3ccccc3Cl)n2c1. The monoisotopic (exact) mass is 410 g/mol. The molecule has 0 aliphatic carbocycles. The smallest absolute Gasteiger partial charge is 0.339 e. The lowest BCUT2D eigenvalue weighted by atomic mass is 10.0. The summed E-state index contributed by atoms with van der Waals surface area (Å²) in [6.45, 7) is 2.09. The van der Waals surface area contributed by atoms with Gasteiger partial charge in [0.25, 0.3) is 0 Å². The number of carbonyl (C=O) groups excluding carboxylic acids is 1. The van der Waals surface area contributed by atoms with E-state index < -0.39 is 0 Å². The molecule has 2 aromatic carbocycles. The Morgan fingerprint density at radius 1 is 1.04 bits per heavy atom. The van der Waals surface area contributed by atoms with Crippen LogP contribution < -0.4 is 0 Å². The summed E-state index contributed by atoms with van der Waals surface area (Å²) in [7, 11) is 0. The Morgan fingerprint density at radius 2 is 1.79 bits per heavy atom. The topological polar surface area (TPSA) is 43.6 Å². The fraction of sp³-hybridized carbons (Fsp3) is 0.0909. The van der Waals surface area contributed by atoms with Gasteiger partial charge in [-0.1, -0.05) is 53.5 Å². The summed E-state index contributed by atoms with van der Waals surface area (Å²) in [5, 5.41) is 1.25. The fourth-order valence-corrected chi connectivity index (χ4v) is 3.45. The molecule has 0 aliphatic heterocycles. The van der Waals surface area contributed by atoms with Crippen LogP contribution in [-0.2, 0) is 4.74 Å². The van der Waals surface area contributed by atoms with Crippen LogP contribution >= 0.6 is 23.2 Å². The molecule has 4 aromatic rings. The first-order valence-corrected chi connectivity index (χ1v) is 9.54. The first kappa shape index (κ1) is 18.5. The standard InChI is InChI=1S/C22H16Cl2N2O2/c1-2-28-22(27)15-9-12-19-25-20(14-7-10-16(23)11-8-14)21(26(19)13-15)17-5-3-4-6-18(17)24/h3-13H,2H2,1H3. The third-order valence-electron chi connectivity index (χ3n) is 4.38. The van der Waals surface area contributed by atoms with Crippen LogP contribution in [0.4, 0.5) is 0 Å². The molecule has 0 saturated heterocycles. The molecule has 0 radical (unpaired) electrons. The zero-order chi connectivity index (χ0) is 19.7. The van der Waals surface area contributed by atoms with Gasteiger partial charge in [0.15, 0.2) is 0 Å². The van der Waals surface area contributed by atoms with Gasteiger partial charge < -0.3 is 4.74 Å². The van der Waals surface area contributed by atoms with E-state index in [0.717, 1.165) is 22.5 Å². The summed E-state index contributed by atoms with van der Waals surface area (Å²) in [5.41, 5.74) is 4.43. The van der Waals surface area contributed by atoms with Crippen LogP contribution in [-0.4, -0.2) is 22.0 Å². The van der Waals surface area contributed by atoms with Crippen LogP contribution in [0.25, 0.3) is 28.2 Å². The molecule has 4 rings (SSSR count). The third kappa shape index (κ3) is 3.37. The van der Waals surface area contributed by atoms with E-state index in [4.69, 9.17) is 32.9 Å². The Bertz CT molecular complexity index is 1170. The Kier molecular flexibility index (Phi) is 5.07. The molecule has 0 bridgehead atoms. The predicted octanol–water partition coefficient (Wildman–Crippen LogP) is 6.15. The van der Waals surface area contributed by atoms with E-state index in [2.05, 4.69) is 0 Å². The summed E-state index contributed by atoms with van der Waals surface area (Å²) in [5.74, 6) is -0.378. The van der Waals surface area contributed by atoms with Gasteiger partial charge in [-0.2, -0.15) is 0 Å². The van der Waals surface area contributed by atoms with Gasteiger partial charge in [0.2, 0.25) is 0 Å². The van der Waals surface area contributed by atoms with Crippen molar-refractivity contribution in [2.45, 2.75) is 6.92 Å². The van der Waals surface area contributed by atoms with Gasteiger partial charge in [0.1, 0.15) is 5.65 Å². The van der Waals surface area contributed by atoms with Crippen molar-refractivity contribution in [3.8, 4) is 22.5 Å². The Labute approximate surface area is 172 Å². The quantitative estimate of drug-likeness (QED) is 0.378. The van der Waals surface area contributed by atoms with Crippen LogP contribution in [0.1, 0.15) is 17.3 Å². The number of hydrogen-bond donors (Lipinski definition) is 0. The van der Waals surface area contributed by atoms with Crippen LogP contribution in [0.5, 0.6) is 0 Å². The van der Waals surface area contributed by atoms with Gasteiger partial charge in [-0.05, 0) is 37.3 Å². The largest absolute Gasteiger partial charge is 0.462 e. The van der Waals surface area contributed by atoms with Gasteiger partial charge in [-0.25, -0.2) is 9.78 Å². The van der Waals surface area contributed by atoms with Crippen LogP contribution in [0.15, 0.2) is 66.9 Å². The molecule has 4 nitrogen and oxygen atoms in total. The number of fused-ring (bicyclic) bond motifs is 1. The number of aromatic nitrogens is 2. The summed E-state index contributed by atoms with van der Waals surface area (Å²) in [6, 6.07) is 18.5. The van der Waals surface area contributed by atoms with E-state index in [-0.39, 0.29) is 5.97 Å². The van der Waals surface area contributed by atoms with Crippen molar-refractivity contribution in [2.75, 3.05) is 6.61 Å². The second-order valence-electron chi connectivity index (χ2n) is 6.16. The molecule has 0 spiro atoms. The maximum atomic E-state index is 12.2. The van der Waals surface area contributed by atoms with Crippen molar-refractivity contribution in [1.29, 1.82) is 0 Å². The first-order valence-electron chi connectivity index (χ1n) is 8.78. The highest BCUT2D eigenvalue weighted by Gasteiger charge is 2.19. The number of nitrogens with zero attached hydrogens (tertiary/aromatic N) is 2. The number of esters is 1. The van der Waals surface area contributed by atoms with Crippen molar-refractivity contribution in [3.63, 3.8) is 0 Å². The Balaban J connectivity index is 2.01. The van der Waals surface area contributed by atoms with Crippen LogP contribution in [0.3, 0.4) is 0 Å². The molecule has 0 N–H and O–H groups in total. The number of imidazole rings is 1. The van der Waals surface area contributed by atoms with Gasteiger partial charge >= 0.3 is 5.97 Å². The lowest BCUT2D eigenvalue weighted by Gasteiger charge is -2.09. The van der Waals surface area contributed by atoms with Crippen molar-refractivity contribution in [3.05, 3.63) is 82.5 Å². The third-order valence-corrected chi connectivity index (χ3v) is 4.96. The summed E-state index contributed by atoms with van der Waals surface area (Å²) < 4.78 is 7.01. The number of halogens is 2. The van der Waals surface area contributed by atoms with Gasteiger partial charge in [-0.3, -0.25) is 4.40 Å². The van der Waals surface area contributed by atoms with E-state index in [1.54, 1.807) is 25.3 Å². The summed E-state index contributed by atoms with van der Waals surface area (Å²) in [4.78, 5) is 17.0. The second-order valence-corrected chi connectivity index (χ2v) is 7.01. The van der Waals surface area contributed by atoms with Crippen molar-refractivity contribution >= 4 is 34.8 Å². The summed E-state index contributed by atoms with van der Waals surface area (Å²) in [6.07, 6.45) is 1.73. The lowest BCUT2D eigenvalue weighted by Crippen LogP contribution is -2.06. The Hall–Kier alpha value is -2.82. The van der Waals surface area contributed by atoms with E-state index in [9.17, 15) is 4.79 Å². The van der Waals surface area contributed by atoms with Crippen LogP contribution in [0.2, 0.25) is 10.0 Å². The minimum absolute atomic E-state index is 0.314. The van der Waals surface area contributed by atoms with Crippen molar-refractivity contribution in [2.24, 2.45) is 0 Å².